The lowest BCUT2D eigenvalue weighted by molar-refractivity contribution is 0.102. The monoisotopic (exact) mass is 437 g/mol. The first kappa shape index (κ1) is 20.8. The highest BCUT2D eigenvalue weighted by molar-refractivity contribution is 7.13. The average molecular weight is 438 g/mol. The van der Waals surface area contributed by atoms with Crippen LogP contribution in [0.2, 0.25) is 0 Å². The van der Waals surface area contributed by atoms with E-state index >= 15 is 0 Å². The number of urea groups is 1. The fourth-order valence-electron chi connectivity index (χ4n) is 3.45. The quantitative estimate of drug-likeness (QED) is 0.614. The summed E-state index contributed by atoms with van der Waals surface area (Å²) in [5.74, 6) is 0.363. The fourth-order valence-corrected chi connectivity index (χ4v) is 4.33. The topological polar surface area (TPSA) is 96.4 Å². The number of hydrogen-bond donors (Lipinski definition) is 2. The summed E-state index contributed by atoms with van der Waals surface area (Å²) >= 11 is 1.22. The first-order valence-electron chi connectivity index (χ1n) is 9.96. The van der Waals surface area contributed by atoms with Crippen molar-refractivity contribution in [3.05, 3.63) is 64.1 Å². The van der Waals surface area contributed by atoms with Crippen molar-refractivity contribution in [1.29, 1.82) is 0 Å². The van der Waals surface area contributed by atoms with Gasteiger partial charge in [-0.25, -0.2) is 4.79 Å². The lowest BCUT2D eigenvalue weighted by Gasteiger charge is -2.23. The molecular formula is C22H23N5O3S. The number of benzene rings is 2. The van der Waals surface area contributed by atoms with Crippen LogP contribution in [0.15, 0.2) is 48.5 Å². The highest BCUT2D eigenvalue weighted by atomic mass is 32.1. The maximum atomic E-state index is 12.9. The Bertz CT molecular complexity index is 1080. The van der Waals surface area contributed by atoms with Gasteiger partial charge in [-0.05, 0) is 44.0 Å². The molecule has 3 amide bonds. The molecule has 1 aromatic heterocycles. The summed E-state index contributed by atoms with van der Waals surface area (Å²) in [7, 11) is 1.58. The normalized spacial score (nSPS) is 15.5. The Morgan fingerprint density at radius 3 is 2.68 bits per heavy atom. The summed E-state index contributed by atoms with van der Waals surface area (Å²) in [6.07, 6.45) is 1.64. The van der Waals surface area contributed by atoms with Crippen LogP contribution >= 0.6 is 11.3 Å². The molecule has 0 saturated carbocycles. The minimum atomic E-state index is -0.307. The zero-order chi connectivity index (χ0) is 21.8. The van der Waals surface area contributed by atoms with Crippen molar-refractivity contribution < 1.29 is 14.3 Å². The van der Waals surface area contributed by atoms with E-state index in [1.807, 2.05) is 49.4 Å². The van der Waals surface area contributed by atoms with Crippen molar-refractivity contribution in [3.8, 4) is 5.75 Å². The summed E-state index contributed by atoms with van der Waals surface area (Å²) in [6, 6.07) is 14.3. The van der Waals surface area contributed by atoms with Gasteiger partial charge < -0.3 is 20.3 Å². The Balaban J connectivity index is 1.43. The van der Waals surface area contributed by atoms with Gasteiger partial charge in [0.05, 0.1) is 13.2 Å². The number of methoxy groups -OCH3 is 1. The van der Waals surface area contributed by atoms with Gasteiger partial charge in [-0.2, -0.15) is 0 Å². The molecule has 160 valence electrons. The lowest BCUT2D eigenvalue weighted by Crippen LogP contribution is -2.34. The van der Waals surface area contributed by atoms with E-state index in [0.29, 0.717) is 28.7 Å². The molecule has 0 aliphatic carbocycles. The number of carbonyl (C=O) groups is 2. The number of hydrogen-bond acceptors (Lipinski definition) is 6. The zero-order valence-electron chi connectivity index (χ0n) is 17.3. The number of likely N-dealkylation sites (tertiary alicyclic amines) is 1. The van der Waals surface area contributed by atoms with Crippen molar-refractivity contribution in [2.75, 3.05) is 24.3 Å². The molecule has 1 aliphatic rings. The van der Waals surface area contributed by atoms with Crippen molar-refractivity contribution in [1.82, 2.24) is 15.1 Å². The molecule has 0 unspecified atom stereocenters. The molecule has 2 aromatic carbocycles. The maximum Gasteiger partial charge on any atom is 0.322 e. The van der Waals surface area contributed by atoms with E-state index in [4.69, 9.17) is 4.74 Å². The van der Waals surface area contributed by atoms with Crippen molar-refractivity contribution >= 4 is 34.6 Å². The Morgan fingerprint density at radius 1 is 1.10 bits per heavy atom. The molecule has 2 N–H and O–H groups in total. The number of nitrogens with one attached hydrogen (secondary N) is 2. The van der Waals surface area contributed by atoms with Gasteiger partial charge in [0.25, 0.3) is 5.91 Å². The molecule has 1 fully saturated rings. The number of aryl methyl sites for hydroxylation is 1. The van der Waals surface area contributed by atoms with Crippen LogP contribution in [-0.2, 0) is 0 Å². The van der Waals surface area contributed by atoms with Gasteiger partial charge in [0.1, 0.15) is 10.8 Å². The summed E-state index contributed by atoms with van der Waals surface area (Å²) in [6.45, 7) is 2.60. The molecule has 9 heteroatoms. The second-order valence-electron chi connectivity index (χ2n) is 7.28. The van der Waals surface area contributed by atoms with Crippen LogP contribution in [-0.4, -0.2) is 40.7 Å². The minimum absolute atomic E-state index is 0.205. The molecule has 3 aromatic rings. The first-order chi connectivity index (χ1) is 15.0. The van der Waals surface area contributed by atoms with Crippen LogP contribution in [0.25, 0.3) is 0 Å². The Hall–Kier alpha value is -3.46. The molecule has 31 heavy (non-hydrogen) atoms. The second kappa shape index (κ2) is 9.13. The van der Waals surface area contributed by atoms with E-state index in [0.717, 1.165) is 18.4 Å². The molecule has 0 spiro atoms. The van der Waals surface area contributed by atoms with Gasteiger partial charge >= 0.3 is 6.03 Å². The van der Waals surface area contributed by atoms with E-state index in [9.17, 15) is 9.59 Å². The van der Waals surface area contributed by atoms with Crippen molar-refractivity contribution in [2.24, 2.45) is 0 Å². The third-order valence-electron chi connectivity index (χ3n) is 5.06. The molecule has 1 atom stereocenters. The Morgan fingerprint density at radius 2 is 1.90 bits per heavy atom. The van der Waals surface area contributed by atoms with Gasteiger partial charge in [0.15, 0.2) is 0 Å². The van der Waals surface area contributed by atoms with Crippen LogP contribution < -0.4 is 15.4 Å². The van der Waals surface area contributed by atoms with E-state index in [1.165, 1.54) is 11.3 Å². The van der Waals surface area contributed by atoms with Crippen LogP contribution in [0, 0.1) is 6.92 Å². The third kappa shape index (κ3) is 4.83. The number of nitrogens with zero attached hydrogens (tertiary/aromatic N) is 3. The van der Waals surface area contributed by atoms with E-state index < -0.39 is 0 Å². The summed E-state index contributed by atoms with van der Waals surface area (Å²) in [5, 5.41) is 14.9. The lowest BCUT2D eigenvalue weighted by atomic mass is 10.2. The fraction of sp³-hybridized carbons (Fsp3) is 0.273. The average Bonchev–Trinajstić information content (AvgIpc) is 3.45. The van der Waals surface area contributed by atoms with E-state index in [2.05, 4.69) is 20.8 Å². The molecule has 2 heterocycles. The van der Waals surface area contributed by atoms with Crippen LogP contribution in [0.4, 0.5) is 16.2 Å². The molecule has 4 rings (SSSR count). The van der Waals surface area contributed by atoms with E-state index in [-0.39, 0.29) is 23.0 Å². The standard InChI is InChI=1S/C22H23N5O3S/c1-14-8-10-15(11-9-14)23-19(28)21-26-25-20(31-21)18-7-4-12-27(18)22(29)24-16-5-3-6-17(13-16)30-2/h3,5-6,8-11,13,18H,4,7,12H2,1-2H3,(H,23,28)(H,24,29)/t18-/m0/s1. The Kier molecular flexibility index (Phi) is 6.13. The van der Waals surface area contributed by atoms with E-state index in [1.54, 1.807) is 18.1 Å². The zero-order valence-corrected chi connectivity index (χ0v) is 18.1. The molecule has 0 bridgehead atoms. The SMILES string of the molecule is COc1cccc(NC(=O)N2CCC[C@H]2c2nnc(C(=O)Nc3ccc(C)cc3)s2)c1. The summed E-state index contributed by atoms with van der Waals surface area (Å²) < 4.78 is 5.21. The summed E-state index contributed by atoms with van der Waals surface area (Å²) in [4.78, 5) is 27.1. The number of anilines is 2. The van der Waals surface area contributed by atoms with Gasteiger partial charge in [0, 0.05) is 24.0 Å². The predicted molar refractivity (Wildman–Crippen MR) is 120 cm³/mol. The largest absolute Gasteiger partial charge is 0.497 e. The van der Waals surface area contributed by atoms with Gasteiger partial charge in [-0.15, -0.1) is 10.2 Å². The highest BCUT2D eigenvalue weighted by Crippen LogP contribution is 2.34. The van der Waals surface area contributed by atoms with Crippen LogP contribution in [0.5, 0.6) is 5.75 Å². The highest BCUT2D eigenvalue weighted by Gasteiger charge is 2.33. The number of rotatable bonds is 5. The number of aromatic nitrogens is 2. The Labute approximate surface area is 184 Å². The maximum absolute atomic E-state index is 12.9. The molecule has 1 saturated heterocycles. The minimum Gasteiger partial charge on any atom is -0.497 e. The van der Waals surface area contributed by atoms with Crippen LogP contribution in [0.3, 0.4) is 0 Å². The van der Waals surface area contributed by atoms with Gasteiger partial charge in [0.2, 0.25) is 5.01 Å². The van der Waals surface area contributed by atoms with Crippen LogP contribution in [0.1, 0.15) is 39.3 Å². The predicted octanol–water partition coefficient (Wildman–Crippen LogP) is 4.48. The van der Waals surface area contributed by atoms with Crippen molar-refractivity contribution in [2.45, 2.75) is 25.8 Å². The molecule has 8 nitrogen and oxygen atoms in total. The van der Waals surface area contributed by atoms with Gasteiger partial charge in [-0.1, -0.05) is 35.1 Å². The van der Waals surface area contributed by atoms with Crippen molar-refractivity contribution in [3.63, 3.8) is 0 Å². The molecule has 1 aliphatic heterocycles. The third-order valence-corrected chi connectivity index (χ3v) is 6.09. The molecule has 0 radical (unpaired) electrons. The number of carbonyl (C=O) groups excluding carboxylic acids is 2. The smallest absolute Gasteiger partial charge is 0.322 e. The van der Waals surface area contributed by atoms with Gasteiger partial charge in [-0.3, -0.25) is 4.79 Å². The second-order valence-corrected chi connectivity index (χ2v) is 8.29. The molecular weight excluding hydrogens is 414 g/mol. The summed E-state index contributed by atoms with van der Waals surface area (Å²) in [5.41, 5.74) is 2.47. The first-order valence-corrected chi connectivity index (χ1v) is 10.8. The number of ether oxygens (including phenoxy) is 1. The number of amides is 3.